The molecular weight excluding hydrogens is 322 g/mol. The lowest BCUT2D eigenvalue weighted by molar-refractivity contribution is 0.0191. The third-order valence-electron chi connectivity index (χ3n) is 2.50. The number of rotatable bonds is 5. The second-order valence-electron chi connectivity index (χ2n) is 5.47. The molecule has 1 atom stereocenters. The van der Waals surface area contributed by atoms with Gasteiger partial charge in [0.05, 0.1) is 6.20 Å². The third-order valence-corrected chi connectivity index (χ3v) is 2.90. The van der Waals surface area contributed by atoms with Crippen LogP contribution in [0.15, 0.2) is 23.5 Å². The Morgan fingerprint density at radius 2 is 2.30 bits per heavy atom. The Labute approximate surface area is 128 Å². The van der Waals surface area contributed by atoms with Crippen LogP contribution in [0.4, 0.5) is 4.79 Å². The molecule has 0 aliphatic rings. The van der Waals surface area contributed by atoms with Crippen LogP contribution in [0, 0.1) is 0 Å². The molecule has 0 radical (unpaired) electrons. The van der Waals surface area contributed by atoms with Crippen molar-refractivity contribution >= 4 is 22.0 Å². The Hall–Kier alpha value is -1.30. The van der Waals surface area contributed by atoms with Crippen LogP contribution in [0.25, 0.3) is 0 Å². The van der Waals surface area contributed by atoms with Crippen LogP contribution in [0.2, 0.25) is 0 Å². The maximum absolute atomic E-state index is 12.3. The average Bonchev–Trinajstić information content (AvgIpc) is 2.73. The van der Waals surface area contributed by atoms with Crippen molar-refractivity contribution < 1.29 is 9.53 Å². The van der Waals surface area contributed by atoms with Crippen molar-refractivity contribution in [3.8, 4) is 0 Å². The largest absolute Gasteiger partial charge is 0.444 e. The summed E-state index contributed by atoms with van der Waals surface area (Å²) < 4.78 is 6.21. The van der Waals surface area contributed by atoms with Gasteiger partial charge in [0.25, 0.3) is 0 Å². The van der Waals surface area contributed by atoms with Gasteiger partial charge in [-0.2, -0.15) is 0 Å². The van der Waals surface area contributed by atoms with Gasteiger partial charge < -0.3 is 9.72 Å². The first-order valence-corrected chi connectivity index (χ1v) is 7.40. The highest BCUT2D eigenvalue weighted by Gasteiger charge is 2.28. The van der Waals surface area contributed by atoms with E-state index < -0.39 is 5.60 Å². The van der Waals surface area contributed by atoms with E-state index in [2.05, 4.69) is 32.5 Å². The van der Waals surface area contributed by atoms with E-state index in [4.69, 9.17) is 4.74 Å². The van der Waals surface area contributed by atoms with E-state index in [1.54, 1.807) is 17.2 Å². The molecule has 0 saturated carbocycles. The first-order valence-electron chi connectivity index (χ1n) is 6.61. The summed E-state index contributed by atoms with van der Waals surface area (Å²) in [5.74, 6) is 0.659. The van der Waals surface area contributed by atoms with Crippen LogP contribution in [0.1, 0.15) is 46.0 Å². The Morgan fingerprint density at radius 3 is 2.70 bits per heavy atom. The van der Waals surface area contributed by atoms with Gasteiger partial charge in [0.1, 0.15) is 22.1 Å². The zero-order valence-electron chi connectivity index (χ0n) is 12.4. The first-order chi connectivity index (χ1) is 9.28. The maximum Gasteiger partial charge on any atom is 0.411 e. The maximum atomic E-state index is 12.3. The van der Waals surface area contributed by atoms with Crippen molar-refractivity contribution in [2.45, 2.75) is 45.8 Å². The van der Waals surface area contributed by atoms with Crippen LogP contribution in [0.3, 0.4) is 0 Å². The SMILES string of the molecule is C=CC(c1ncc(Br)[nH]1)N(CCC)C(=O)OC(C)(C)C. The van der Waals surface area contributed by atoms with Crippen LogP contribution in [-0.4, -0.2) is 33.1 Å². The highest BCUT2D eigenvalue weighted by atomic mass is 79.9. The van der Waals surface area contributed by atoms with Gasteiger partial charge in [-0.3, -0.25) is 4.90 Å². The number of amides is 1. The topological polar surface area (TPSA) is 58.2 Å². The minimum Gasteiger partial charge on any atom is -0.444 e. The molecule has 0 aliphatic carbocycles. The Morgan fingerprint density at radius 1 is 1.65 bits per heavy atom. The Bertz CT molecular complexity index is 465. The summed E-state index contributed by atoms with van der Waals surface area (Å²) in [6.07, 6.45) is 3.80. The number of imidazole rings is 1. The summed E-state index contributed by atoms with van der Waals surface area (Å²) in [6, 6.07) is -0.337. The molecule has 0 fully saturated rings. The summed E-state index contributed by atoms with van der Waals surface area (Å²) in [6.45, 7) is 11.9. The number of aromatic amines is 1. The Balaban J connectivity index is 2.98. The Kier molecular flexibility index (Phi) is 5.80. The molecule has 0 saturated heterocycles. The molecule has 1 rings (SSSR count). The third kappa shape index (κ3) is 4.67. The minimum absolute atomic E-state index is 0.337. The predicted molar refractivity (Wildman–Crippen MR) is 82.5 cm³/mol. The average molecular weight is 344 g/mol. The van der Waals surface area contributed by atoms with Crippen molar-refractivity contribution in [1.29, 1.82) is 0 Å². The molecule has 6 heteroatoms. The zero-order valence-corrected chi connectivity index (χ0v) is 14.0. The molecule has 0 bridgehead atoms. The summed E-state index contributed by atoms with van der Waals surface area (Å²) in [7, 11) is 0. The lowest BCUT2D eigenvalue weighted by Crippen LogP contribution is -2.39. The number of nitrogens with one attached hydrogen (secondary N) is 1. The number of H-pyrrole nitrogens is 1. The molecule has 20 heavy (non-hydrogen) atoms. The number of halogens is 1. The number of nitrogens with zero attached hydrogens (tertiary/aromatic N) is 2. The molecule has 5 nitrogen and oxygen atoms in total. The summed E-state index contributed by atoms with van der Waals surface area (Å²) >= 11 is 3.32. The quantitative estimate of drug-likeness (QED) is 0.820. The van der Waals surface area contributed by atoms with E-state index in [1.807, 2.05) is 27.7 Å². The number of ether oxygens (including phenoxy) is 1. The van der Waals surface area contributed by atoms with E-state index in [1.165, 1.54) is 0 Å². The van der Waals surface area contributed by atoms with Gasteiger partial charge in [-0.05, 0) is 43.1 Å². The predicted octanol–water partition coefficient (Wildman–Crippen LogP) is 4.05. The van der Waals surface area contributed by atoms with Crippen molar-refractivity contribution in [3.63, 3.8) is 0 Å². The van der Waals surface area contributed by atoms with E-state index in [9.17, 15) is 4.79 Å². The standard InChI is InChI=1S/C14H22BrN3O2/c1-6-8-18(13(19)20-14(3,4)5)10(7-2)12-16-9-11(15)17-12/h7,9-10H,2,6,8H2,1,3-5H3,(H,16,17). The van der Waals surface area contributed by atoms with E-state index in [-0.39, 0.29) is 12.1 Å². The molecule has 1 amide bonds. The molecule has 1 heterocycles. The van der Waals surface area contributed by atoms with Gasteiger partial charge in [0, 0.05) is 6.54 Å². The molecule has 1 N–H and O–H groups in total. The van der Waals surface area contributed by atoms with E-state index in [0.717, 1.165) is 11.0 Å². The van der Waals surface area contributed by atoms with Crippen molar-refractivity contribution in [3.05, 3.63) is 29.3 Å². The van der Waals surface area contributed by atoms with Gasteiger partial charge in [0.15, 0.2) is 0 Å². The van der Waals surface area contributed by atoms with Gasteiger partial charge in [-0.25, -0.2) is 9.78 Å². The smallest absolute Gasteiger partial charge is 0.411 e. The monoisotopic (exact) mass is 343 g/mol. The highest BCUT2D eigenvalue weighted by Crippen LogP contribution is 2.23. The highest BCUT2D eigenvalue weighted by molar-refractivity contribution is 9.10. The second-order valence-corrected chi connectivity index (χ2v) is 6.32. The van der Waals surface area contributed by atoms with Crippen molar-refractivity contribution in [1.82, 2.24) is 14.9 Å². The fraction of sp³-hybridized carbons (Fsp3) is 0.571. The summed E-state index contributed by atoms with van der Waals surface area (Å²) in [4.78, 5) is 21.3. The minimum atomic E-state index is -0.529. The van der Waals surface area contributed by atoms with Gasteiger partial charge in [0.2, 0.25) is 0 Å². The normalized spacial score (nSPS) is 12.8. The fourth-order valence-electron chi connectivity index (χ4n) is 1.76. The van der Waals surface area contributed by atoms with Crippen LogP contribution < -0.4 is 0 Å². The molecule has 112 valence electrons. The molecular formula is C14H22BrN3O2. The van der Waals surface area contributed by atoms with Crippen LogP contribution >= 0.6 is 15.9 Å². The summed E-state index contributed by atoms with van der Waals surface area (Å²) in [5, 5.41) is 0. The summed E-state index contributed by atoms with van der Waals surface area (Å²) in [5.41, 5.74) is -0.529. The van der Waals surface area contributed by atoms with E-state index in [0.29, 0.717) is 12.4 Å². The fourth-order valence-corrected chi connectivity index (χ4v) is 2.06. The number of carbonyl (C=O) groups is 1. The lowest BCUT2D eigenvalue weighted by Gasteiger charge is -2.31. The lowest BCUT2D eigenvalue weighted by atomic mass is 10.2. The number of carbonyl (C=O) groups excluding carboxylic acids is 1. The molecule has 1 unspecified atom stereocenters. The molecule has 0 spiro atoms. The zero-order chi connectivity index (χ0) is 15.3. The van der Waals surface area contributed by atoms with Gasteiger partial charge in [-0.15, -0.1) is 6.58 Å². The van der Waals surface area contributed by atoms with Crippen molar-refractivity contribution in [2.75, 3.05) is 6.54 Å². The van der Waals surface area contributed by atoms with Crippen LogP contribution in [0.5, 0.6) is 0 Å². The van der Waals surface area contributed by atoms with Crippen LogP contribution in [-0.2, 0) is 4.74 Å². The number of hydrogen-bond donors (Lipinski definition) is 1. The molecule has 1 aromatic rings. The molecule has 0 aliphatic heterocycles. The van der Waals surface area contributed by atoms with E-state index >= 15 is 0 Å². The number of aromatic nitrogens is 2. The second kappa shape index (κ2) is 6.92. The number of hydrogen-bond acceptors (Lipinski definition) is 3. The first kappa shape index (κ1) is 16.8. The van der Waals surface area contributed by atoms with Gasteiger partial charge >= 0.3 is 6.09 Å². The molecule has 1 aromatic heterocycles. The molecule has 0 aromatic carbocycles. The van der Waals surface area contributed by atoms with Gasteiger partial charge in [-0.1, -0.05) is 13.0 Å². The van der Waals surface area contributed by atoms with Crippen molar-refractivity contribution in [2.24, 2.45) is 0 Å².